The summed E-state index contributed by atoms with van der Waals surface area (Å²) in [5.74, 6) is -0.567. The molecule has 184 valence electrons. The number of nitrogens with zero attached hydrogens (tertiary/aromatic N) is 1. The largest absolute Gasteiger partial charge is 0.490 e. The van der Waals surface area contributed by atoms with E-state index in [0.717, 1.165) is 0 Å². The number of hydrogen-bond acceptors (Lipinski definition) is 6. The monoisotopic (exact) mass is 542 g/mol. The molecule has 0 spiro atoms. The van der Waals surface area contributed by atoms with Gasteiger partial charge in [0.2, 0.25) is 0 Å². The maximum absolute atomic E-state index is 13.1. The maximum Gasteiger partial charge on any atom is 0.270 e. The molecule has 3 aromatic carbocycles. The molecule has 10 heteroatoms. The SMILES string of the molecule is CCOc1cc(/C=C2/SC(=S)N(c3ccccc3)C2=O)cc(Cl)c1OCC(=O)Nc1ccc(F)cc1. The van der Waals surface area contributed by atoms with Gasteiger partial charge in [0.05, 0.1) is 22.2 Å². The molecule has 2 amide bonds. The van der Waals surface area contributed by atoms with E-state index in [4.69, 9.17) is 33.3 Å². The van der Waals surface area contributed by atoms with Crippen molar-refractivity contribution in [2.75, 3.05) is 23.4 Å². The van der Waals surface area contributed by atoms with E-state index in [1.54, 1.807) is 25.1 Å². The standard InChI is InChI=1S/C26H20ClFN2O4S2/c1-2-33-21-13-16(14-22-25(32)30(26(35)36-22)19-6-4-3-5-7-19)12-20(27)24(21)34-15-23(31)29-18-10-8-17(28)9-11-18/h3-14H,2,15H2,1H3,(H,29,31)/b22-14+. The minimum Gasteiger partial charge on any atom is -0.490 e. The van der Waals surface area contributed by atoms with Crippen LogP contribution in [-0.2, 0) is 9.59 Å². The second-order valence-corrected chi connectivity index (χ2v) is 9.54. The number of hydrogen-bond donors (Lipinski definition) is 1. The molecule has 0 unspecified atom stereocenters. The van der Waals surface area contributed by atoms with Crippen LogP contribution in [0.3, 0.4) is 0 Å². The van der Waals surface area contributed by atoms with Gasteiger partial charge in [-0.1, -0.05) is 53.8 Å². The third-order valence-corrected chi connectivity index (χ3v) is 6.50. The van der Waals surface area contributed by atoms with Crippen molar-refractivity contribution >= 4 is 69.2 Å². The predicted octanol–water partition coefficient (Wildman–Crippen LogP) is 6.30. The van der Waals surface area contributed by atoms with Gasteiger partial charge in [0, 0.05) is 5.69 Å². The summed E-state index contributed by atoms with van der Waals surface area (Å²) >= 11 is 13.1. The van der Waals surface area contributed by atoms with Crippen LogP contribution in [0.2, 0.25) is 5.02 Å². The Balaban J connectivity index is 1.51. The molecule has 4 rings (SSSR count). The smallest absolute Gasteiger partial charge is 0.270 e. The van der Waals surface area contributed by atoms with Crippen LogP contribution in [-0.4, -0.2) is 29.3 Å². The predicted molar refractivity (Wildman–Crippen MR) is 145 cm³/mol. The average molecular weight is 543 g/mol. The molecule has 1 aliphatic rings. The molecule has 1 heterocycles. The topological polar surface area (TPSA) is 67.9 Å². The number of anilines is 2. The molecule has 1 aliphatic heterocycles. The first kappa shape index (κ1) is 25.7. The van der Waals surface area contributed by atoms with E-state index in [0.29, 0.717) is 38.5 Å². The number of amides is 2. The first-order valence-electron chi connectivity index (χ1n) is 10.8. The molecule has 1 fully saturated rings. The first-order valence-corrected chi connectivity index (χ1v) is 12.4. The Morgan fingerprint density at radius 1 is 1.14 bits per heavy atom. The zero-order valence-electron chi connectivity index (χ0n) is 19.0. The molecular formula is C26H20ClFN2O4S2. The Kier molecular flexibility index (Phi) is 8.25. The number of carbonyl (C=O) groups excluding carboxylic acids is 2. The lowest BCUT2D eigenvalue weighted by Gasteiger charge is -2.15. The highest BCUT2D eigenvalue weighted by atomic mass is 35.5. The fourth-order valence-electron chi connectivity index (χ4n) is 3.36. The molecule has 0 atom stereocenters. The minimum absolute atomic E-state index is 0.196. The van der Waals surface area contributed by atoms with Gasteiger partial charge in [-0.25, -0.2) is 4.39 Å². The van der Waals surface area contributed by atoms with E-state index in [-0.39, 0.29) is 23.3 Å². The van der Waals surface area contributed by atoms with Crippen LogP contribution in [0.4, 0.5) is 15.8 Å². The number of halogens is 2. The fraction of sp³-hybridized carbons (Fsp3) is 0.115. The second-order valence-electron chi connectivity index (χ2n) is 7.46. The van der Waals surface area contributed by atoms with E-state index in [9.17, 15) is 14.0 Å². The molecule has 0 saturated carbocycles. The molecular weight excluding hydrogens is 523 g/mol. The Hall–Kier alpha value is -3.40. The van der Waals surface area contributed by atoms with E-state index < -0.39 is 11.7 Å². The van der Waals surface area contributed by atoms with Gasteiger partial charge in [-0.2, -0.15) is 0 Å². The Bertz CT molecular complexity index is 1330. The van der Waals surface area contributed by atoms with Gasteiger partial charge in [0.1, 0.15) is 5.82 Å². The summed E-state index contributed by atoms with van der Waals surface area (Å²) in [5.41, 5.74) is 1.74. The third kappa shape index (κ3) is 6.04. The van der Waals surface area contributed by atoms with Crippen LogP contribution in [0.25, 0.3) is 6.08 Å². The Labute approximate surface area is 222 Å². The average Bonchev–Trinajstić information content (AvgIpc) is 3.13. The Morgan fingerprint density at radius 3 is 2.56 bits per heavy atom. The lowest BCUT2D eigenvalue weighted by atomic mass is 10.1. The van der Waals surface area contributed by atoms with Gasteiger partial charge < -0.3 is 14.8 Å². The van der Waals surface area contributed by atoms with Crippen molar-refractivity contribution in [2.24, 2.45) is 0 Å². The number of carbonyl (C=O) groups is 2. The molecule has 1 saturated heterocycles. The summed E-state index contributed by atoms with van der Waals surface area (Å²) < 4.78 is 24.8. The van der Waals surface area contributed by atoms with Crippen LogP contribution in [0, 0.1) is 5.82 Å². The second kappa shape index (κ2) is 11.6. The lowest BCUT2D eigenvalue weighted by Crippen LogP contribution is -2.27. The van der Waals surface area contributed by atoms with Gasteiger partial charge in [-0.15, -0.1) is 0 Å². The molecule has 0 radical (unpaired) electrons. The zero-order valence-corrected chi connectivity index (χ0v) is 21.4. The van der Waals surface area contributed by atoms with Gasteiger partial charge in [0.15, 0.2) is 22.4 Å². The summed E-state index contributed by atoms with van der Waals surface area (Å²) in [5, 5.41) is 2.82. The number of ether oxygens (including phenoxy) is 2. The van der Waals surface area contributed by atoms with Gasteiger partial charge in [-0.3, -0.25) is 14.5 Å². The molecule has 1 N–H and O–H groups in total. The third-order valence-electron chi connectivity index (χ3n) is 4.91. The van der Waals surface area contributed by atoms with Crippen molar-refractivity contribution in [3.05, 3.63) is 88.0 Å². The van der Waals surface area contributed by atoms with Gasteiger partial charge in [0.25, 0.3) is 11.8 Å². The van der Waals surface area contributed by atoms with Crippen LogP contribution >= 0.6 is 35.6 Å². The van der Waals surface area contributed by atoms with Crippen molar-refractivity contribution < 1.29 is 23.5 Å². The van der Waals surface area contributed by atoms with Gasteiger partial charge >= 0.3 is 0 Å². The van der Waals surface area contributed by atoms with Crippen molar-refractivity contribution in [1.29, 1.82) is 0 Å². The number of benzene rings is 3. The summed E-state index contributed by atoms with van der Waals surface area (Å²) in [4.78, 5) is 27.2. The lowest BCUT2D eigenvalue weighted by molar-refractivity contribution is -0.118. The van der Waals surface area contributed by atoms with Crippen molar-refractivity contribution in [2.45, 2.75) is 6.92 Å². The summed E-state index contributed by atoms with van der Waals surface area (Å²) in [7, 11) is 0. The van der Waals surface area contributed by atoms with E-state index in [2.05, 4.69) is 5.32 Å². The quantitative estimate of drug-likeness (QED) is 0.266. The normalized spacial score (nSPS) is 14.3. The van der Waals surface area contributed by atoms with Crippen LogP contribution in [0.1, 0.15) is 12.5 Å². The molecule has 3 aromatic rings. The van der Waals surface area contributed by atoms with Crippen LogP contribution < -0.4 is 19.7 Å². The molecule has 0 aliphatic carbocycles. The Morgan fingerprint density at radius 2 is 1.86 bits per heavy atom. The molecule has 0 aromatic heterocycles. The van der Waals surface area contributed by atoms with Gasteiger partial charge in [-0.05, 0) is 67.1 Å². The summed E-state index contributed by atoms with van der Waals surface area (Å²) in [6.07, 6.45) is 1.68. The van der Waals surface area contributed by atoms with Crippen LogP contribution in [0.15, 0.2) is 71.6 Å². The van der Waals surface area contributed by atoms with E-state index in [1.807, 2.05) is 30.3 Å². The highest BCUT2D eigenvalue weighted by molar-refractivity contribution is 8.27. The number of thioether (sulfide) groups is 1. The van der Waals surface area contributed by atoms with E-state index >= 15 is 0 Å². The molecule has 36 heavy (non-hydrogen) atoms. The number of para-hydroxylation sites is 1. The minimum atomic E-state index is -0.450. The number of nitrogens with one attached hydrogen (secondary N) is 1. The number of rotatable bonds is 8. The highest BCUT2D eigenvalue weighted by Crippen LogP contribution is 2.40. The fourth-order valence-corrected chi connectivity index (χ4v) is 4.93. The van der Waals surface area contributed by atoms with E-state index in [1.165, 1.54) is 40.9 Å². The van der Waals surface area contributed by atoms with Crippen LogP contribution in [0.5, 0.6) is 11.5 Å². The van der Waals surface area contributed by atoms with Crippen molar-refractivity contribution in [3.63, 3.8) is 0 Å². The van der Waals surface area contributed by atoms with Crippen molar-refractivity contribution in [1.82, 2.24) is 0 Å². The molecule has 0 bridgehead atoms. The first-order chi connectivity index (χ1) is 17.4. The zero-order chi connectivity index (χ0) is 25.7. The maximum atomic E-state index is 13.1. The summed E-state index contributed by atoms with van der Waals surface area (Å²) in [6.45, 7) is 1.79. The summed E-state index contributed by atoms with van der Waals surface area (Å²) in [6, 6.07) is 17.8. The van der Waals surface area contributed by atoms with Crippen molar-refractivity contribution in [3.8, 4) is 11.5 Å². The molecule has 6 nitrogen and oxygen atoms in total. The number of thiocarbonyl (C=S) groups is 1. The highest BCUT2D eigenvalue weighted by Gasteiger charge is 2.33.